The van der Waals surface area contributed by atoms with Gasteiger partial charge in [0.05, 0.1) is 5.75 Å². The van der Waals surface area contributed by atoms with E-state index in [1.54, 1.807) is 11.8 Å². The zero-order chi connectivity index (χ0) is 20.6. The van der Waals surface area contributed by atoms with E-state index in [1.165, 1.54) is 0 Å². The number of benzene rings is 2. The van der Waals surface area contributed by atoms with Crippen molar-refractivity contribution in [2.24, 2.45) is 0 Å². The van der Waals surface area contributed by atoms with Gasteiger partial charge in [-0.3, -0.25) is 9.59 Å². The van der Waals surface area contributed by atoms with E-state index in [0.29, 0.717) is 22.9 Å². The summed E-state index contributed by atoms with van der Waals surface area (Å²) in [6.07, 6.45) is 0. The van der Waals surface area contributed by atoms with Crippen molar-refractivity contribution < 1.29 is 9.59 Å². The molecule has 1 heterocycles. The number of amides is 2. The lowest BCUT2D eigenvalue weighted by atomic mass is 10.1. The number of carbonyl (C=O) groups excluding carboxylic acids is 2. The van der Waals surface area contributed by atoms with Crippen LogP contribution in [-0.2, 0) is 17.1 Å². The quantitative estimate of drug-likeness (QED) is 0.731. The minimum Gasteiger partial charge on any atom is -0.351 e. The Morgan fingerprint density at radius 1 is 0.966 bits per heavy atom. The monoisotopic (exact) mass is 431 g/mol. The van der Waals surface area contributed by atoms with Crippen molar-refractivity contribution in [3.8, 4) is 0 Å². The van der Waals surface area contributed by atoms with Crippen molar-refractivity contribution in [1.29, 1.82) is 0 Å². The van der Waals surface area contributed by atoms with Gasteiger partial charge in [-0.15, -0.1) is 11.8 Å². The molecule has 154 valence electrons. The van der Waals surface area contributed by atoms with E-state index in [-0.39, 0.29) is 11.8 Å². The fraction of sp³-hybridized carbons (Fsp3) is 0.364. The maximum atomic E-state index is 12.6. The Balaban J connectivity index is 1.39. The molecule has 0 unspecified atom stereocenters. The number of hydrogen-bond acceptors (Lipinski definition) is 4. The topological polar surface area (TPSA) is 52.6 Å². The van der Waals surface area contributed by atoms with Crippen LogP contribution in [0.3, 0.4) is 0 Å². The molecule has 1 aliphatic heterocycles. The molecular formula is C22H26ClN3O2S. The molecule has 0 radical (unpaired) electrons. The molecule has 0 saturated carbocycles. The average Bonchev–Trinajstić information content (AvgIpc) is 2.74. The highest BCUT2D eigenvalue weighted by Crippen LogP contribution is 2.15. The largest absolute Gasteiger partial charge is 0.351 e. The SMILES string of the molecule is CN1CCN(C(=O)c2ccc(CNC(=O)CSCc3ccc(Cl)cc3)cc2)CC1. The first-order chi connectivity index (χ1) is 14.0. The van der Waals surface area contributed by atoms with E-state index in [4.69, 9.17) is 11.6 Å². The minimum atomic E-state index is 0.00144. The number of nitrogens with one attached hydrogen (secondary N) is 1. The lowest BCUT2D eigenvalue weighted by Crippen LogP contribution is -2.47. The molecule has 2 aromatic carbocycles. The molecule has 1 aliphatic rings. The Morgan fingerprint density at radius 3 is 2.24 bits per heavy atom. The lowest BCUT2D eigenvalue weighted by molar-refractivity contribution is -0.118. The fourth-order valence-corrected chi connectivity index (χ4v) is 3.99. The Bertz CT molecular complexity index is 819. The summed E-state index contributed by atoms with van der Waals surface area (Å²) in [5.74, 6) is 1.25. The normalized spacial score (nSPS) is 14.6. The van der Waals surface area contributed by atoms with E-state index in [0.717, 1.165) is 43.1 Å². The third-order valence-electron chi connectivity index (χ3n) is 4.90. The average molecular weight is 432 g/mol. The van der Waals surface area contributed by atoms with Gasteiger partial charge in [-0.05, 0) is 42.4 Å². The zero-order valence-corrected chi connectivity index (χ0v) is 18.1. The van der Waals surface area contributed by atoms with Gasteiger partial charge in [-0.25, -0.2) is 0 Å². The van der Waals surface area contributed by atoms with Crippen LogP contribution >= 0.6 is 23.4 Å². The van der Waals surface area contributed by atoms with Crippen LogP contribution in [0.1, 0.15) is 21.5 Å². The lowest BCUT2D eigenvalue weighted by Gasteiger charge is -2.32. The molecule has 0 aromatic heterocycles. The first-order valence-electron chi connectivity index (χ1n) is 9.67. The van der Waals surface area contributed by atoms with E-state index < -0.39 is 0 Å². The summed E-state index contributed by atoms with van der Waals surface area (Å²) in [4.78, 5) is 28.7. The maximum Gasteiger partial charge on any atom is 0.253 e. The smallest absolute Gasteiger partial charge is 0.253 e. The molecular weight excluding hydrogens is 406 g/mol. The van der Waals surface area contributed by atoms with Gasteiger partial charge in [0.1, 0.15) is 0 Å². The third-order valence-corrected chi connectivity index (χ3v) is 6.15. The Labute approximate surface area is 181 Å². The predicted molar refractivity (Wildman–Crippen MR) is 119 cm³/mol. The summed E-state index contributed by atoms with van der Waals surface area (Å²) in [5.41, 5.74) is 2.83. The molecule has 5 nitrogen and oxygen atoms in total. The van der Waals surface area contributed by atoms with Crippen LogP contribution in [0.5, 0.6) is 0 Å². The molecule has 1 fully saturated rings. The third kappa shape index (κ3) is 6.77. The summed E-state index contributed by atoms with van der Waals surface area (Å²) in [6, 6.07) is 15.2. The van der Waals surface area contributed by atoms with Crippen molar-refractivity contribution in [3.05, 3.63) is 70.2 Å². The molecule has 0 aliphatic carbocycles. The number of halogens is 1. The number of nitrogens with zero attached hydrogens (tertiary/aromatic N) is 2. The minimum absolute atomic E-state index is 0.00144. The number of rotatable bonds is 7. The first-order valence-corrected chi connectivity index (χ1v) is 11.2. The van der Waals surface area contributed by atoms with Crippen LogP contribution in [-0.4, -0.2) is 60.6 Å². The van der Waals surface area contributed by atoms with Gasteiger partial charge in [0.2, 0.25) is 5.91 Å². The summed E-state index contributed by atoms with van der Waals surface area (Å²) >= 11 is 7.44. The van der Waals surface area contributed by atoms with Crippen molar-refractivity contribution in [3.63, 3.8) is 0 Å². The van der Waals surface area contributed by atoms with Crippen molar-refractivity contribution in [2.75, 3.05) is 39.0 Å². The van der Waals surface area contributed by atoms with Crippen LogP contribution in [0, 0.1) is 0 Å². The van der Waals surface area contributed by atoms with Crippen molar-refractivity contribution >= 4 is 35.2 Å². The fourth-order valence-electron chi connectivity index (χ4n) is 3.05. The van der Waals surface area contributed by atoms with Crippen LogP contribution in [0.15, 0.2) is 48.5 Å². The van der Waals surface area contributed by atoms with Crippen molar-refractivity contribution in [1.82, 2.24) is 15.1 Å². The Morgan fingerprint density at radius 2 is 1.59 bits per heavy atom. The molecule has 29 heavy (non-hydrogen) atoms. The summed E-state index contributed by atoms with van der Waals surface area (Å²) in [5, 5.41) is 3.65. The summed E-state index contributed by atoms with van der Waals surface area (Å²) in [6.45, 7) is 3.81. The molecule has 1 saturated heterocycles. The Kier molecular flexibility index (Phi) is 7.98. The highest BCUT2D eigenvalue weighted by molar-refractivity contribution is 7.99. The molecule has 2 amide bonds. The van der Waals surface area contributed by atoms with E-state index in [2.05, 4.69) is 17.3 Å². The molecule has 2 aromatic rings. The van der Waals surface area contributed by atoms with Gasteiger partial charge in [0.25, 0.3) is 5.91 Å². The number of thioether (sulfide) groups is 1. The second-order valence-electron chi connectivity index (χ2n) is 7.19. The van der Waals surface area contributed by atoms with Crippen molar-refractivity contribution in [2.45, 2.75) is 12.3 Å². The number of likely N-dealkylation sites (N-methyl/N-ethyl adjacent to an activating group) is 1. The molecule has 1 N–H and O–H groups in total. The molecule has 0 atom stereocenters. The van der Waals surface area contributed by atoms with Crippen LogP contribution < -0.4 is 5.32 Å². The highest BCUT2D eigenvalue weighted by Gasteiger charge is 2.20. The van der Waals surface area contributed by atoms with Crippen LogP contribution in [0.25, 0.3) is 0 Å². The molecule has 3 rings (SSSR count). The summed E-state index contributed by atoms with van der Waals surface area (Å²) in [7, 11) is 2.07. The molecule has 7 heteroatoms. The zero-order valence-electron chi connectivity index (χ0n) is 16.6. The predicted octanol–water partition coefficient (Wildman–Crippen LogP) is 3.28. The maximum absolute atomic E-state index is 12.6. The molecule has 0 spiro atoms. The second kappa shape index (κ2) is 10.7. The van der Waals surface area contributed by atoms with Gasteiger partial charge in [-0.2, -0.15) is 0 Å². The van der Waals surface area contributed by atoms with E-state index in [9.17, 15) is 9.59 Å². The van der Waals surface area contributed by atoms with Crippen LogP contribution in [0.2, 0.25) is 5.02 Å². The standard InChI is InChI=1S/C22H26ClN3O2S/c1-25-10-12-26(13-11-25)22(28)19-6-2-17(3-7-19)14-24-21(27)16-29-15-18-4-8-20(23)9-5-18/h2-9H,10-16H2,1H3,(H,24,27). The van der Waals surface area contributed by atoms with Gasteiger partial charge >= 0.3 is 0 Å². The highest BCUT2D eigenvalue weighted by atomic mass is 35.5. The van der Waals surface area contributed by atoms with E-state index >= 15 is 0 Å². The van der Waals surface area contributed by atoms with Gasteiger partial charge in [-0.1, -0.05) is 35.9 Å². The molecule has 0 bridgehead atoms. The van der Waals surface area contributed by atoms with Gasteiger partial charge in [0.15, 0.2) is 0 Å². The van der Waals surface area contributed by atoms with Gasteiger partial charge < -0.3 is 15.1 Å². The van der Waals surface area contributed by atoms with Crippen LogP contribution in [0.4, 0.5) is 0 Å². The summed E-state index contributed by atoms with van der Waals surface area (Å²) < 4.78 is 0. The second-order valence-corrected chi connectivity index (χ2v) is 8.61. The Hall–Kier alpha value is -2.02. The number of hydrogen-bond donors (Lipinski definition) is 1. The first kappa shape index (κ1) is 21.7. The number of piperazine rings is 1. The number of carbonyl (C=O) groups is 2. The van der Waals surface area contributed by atoms with E-state index in [1.807, 2.05) is 53.4 Å². The van der Waals surface area contributed by atoms with Gasteiger partial charge in [0, 0.05) is 49.1 Å².